The molecule has 4 rings (SSSR count). The van der Waals surface area contributed by atoms with Crippen molar-refractivity contribution in [3.05, 3.63) is 36.0 Å². The van der Waals surface area contributed by atoms with Crippen molar-refractivity contribution in [2.45, 2.75) is 44.6 Å². The van der Waals surface area contributed by atoms with Gasteiger partial charge in [0.2, 0.25) is 0 Å². The molecule has 1 aromatic heterocycles. The quantitative estimate of drug-likeness (QED) is 0.821. The zero-order valence-corrected chi connectivity index (χ0v) is 16.6. The smallest absolute Gasteiger partial charge is 0.409 e. The van der Waals surface area contributed by atoms with E-state index in [0.717, 1.165) is 39.0 Å². The summed E-state index contributed by atoms with van der Waals surface area (Å²) < 4.78 is 7.40. The van der Waals surface area contributed by atoms with Gasteiger partial charge in [0.05, 0.1) is 6.61 Å². The van der Waals surface area contributed by atoms with Crippen LogP contribution in [0.25, 0.3) is 10.9 Å². The molecule has 3 heterocycles. The van der Waals surface area contributed by atoms with E-state index in [1.165, 1.54) is 29.3 Å². The van der Waals surface area contributed by atoms with Crippen molar-refractivity contribution >= 4 is 17.0 Å². The number of carbonyl (C=O) groups excluding carboxylic acids is 1. The highest BCUT2D eigenvalue weighted by molar-refractivity contribution is 5.84. The molecule has 0 N–H and O–H groups in total. The summed E-state index contributed by atoms with van der Waals surface area (Å²) in [7, 11) is 2.15. The summed E-state index contributed by atoms with van der Waals surface area (Å²) in [6.07, 6.45) is 6.78. The molecular weight excluding hydrogens is 338 g/mol. The Labute approximate surface area is 161 Å². The molecule has 1 aromatic carbocycles. The van der Waals surface area contributed by atoms with Crippen LogP contribution >= 0.6 is 0 Å². The van der Waals surface area contributed by atoms with Crippen LogP contribution in [0.3, 0.4) is 0 Å². The first kappa shape index (κ1) is 18.4. The van der Waals surface area contributed by atoms with Gasteiger partial charge in [-0.15, -0.1) is 0 Å². The number of fused-ring (bicyclic) bond motifs is 1. The molecule has 0 unspecified atom stereocenters. The lowest BCUT2D eigenvalue weighted by Crippen LogP contribution is -2.48. The van der Waals surface area contributed by atoms with Gasteiger partial charge >= 0.3 is 6.09 Å². The van der Waals surface area contributed by atoms with E-state index in [0.29, 0.717) is 18.6 Å². The number of benzene rings is 1. The molecule has 27 heavy (non-hydrogen) atoms. The minimum Gasteiger partial charge on any atom is -0.450 e. The summed E-state index contributed by atoms with van der Waals surface area (Å²) in [5, 5.41) is 1.42. The van der Waals surface area contributed by atoms with Gasteiger partial charge in [-0.05, 0) is 63.2 Å². The first-order valence-corrected chi connectivity index (χ1v) is 10.4. The Morgan fingerprint density at radius 3 is 2.48 bits per heavy atom. The van der Waals surface area contributed by atoms with Gasteiger partial charge in [0.15, 0.2) is 0 Å². The number of amides is 1. The van der Waals surface area contributed by atoms with Gasteiger partial charge in [0.25, 0.3) is 0 Å². The lowest BCUT2D eigenvalue weighted by atomic mass is 9.88. The minimum absolute atomic E-state index is 0.148. The standard InChI is InChI=1S/C22H31N3O2/c1-3-27-22(26)25-14-10-18(11-15-25)24-12-8-17(9-13-24)20-16-23(2)21-7-5-4-6-19(20)21/h4-7,16-18H,3,8-15H2,1-2H3. The van der Waals surface area contributed by atoms with Crippen molar-refractivity contribution in [3.8, 4) is 0 Å². The van der Waals surface area contributed by atoms with Gasteiger partial charge in [0, 0.05) is 43.3 Å². The van der Waals surface area contributed by atoms with Gasteiger partial charge in [-0.2, -0.15) is 0 Å². The third-order valence-electron chi connectivity index (χ3n) is 6.40. The molecule has 0 aliphatic carbocycles. The molecule has 2 aromatic rings. The van der Waals surface area contributed by atoms with Crippen molar-refractivity contribution in [2.24, 2.45) is 7.05 Å². The molecule has 146 valence electrons. The predicted molar refractivity (Wildman–Crippen MR) is 108 cm³/mol. The van der Waals surface area contributed by atoms with Crippen LogP contribution in [0.2, 0.25) is 0 Å². The van der Waals surface area contributed by atoms with E-state index in [-0.39, 0.29) is 6.09 Å². The molecule has 2 saturated heterocycles. The second-order valence-electron chi connectivity index (χ2n) is 7.94. The highest BCUT2D eigenvalue weighted by Gasteiger charge is 2.31. The lowest BCUT2D eigenvalue weighted by molar-refractivity contribution is 0.0663. The zero-order chi connectivity index (χ0) is 18.8. The predicted octanol–water partition coefficient (Wildman–Crippen LogP) is 3.98. The highest BCUT2D eigenvalue weighted by atomic mass is 16.6. The van der Waals surface area contributed by atoms with Crippen LogP contribution in [0.5, 0.6) is 0 Å². The number of hydrogen-bond donors (Lipinski definition) is 0. The number of carbonyl (C=O) groups is 1. The fourth-order valence-corrected chi connectivity index (χ4v) is 4.90. The summed E-state index contributed by atoms with van der Waals surface area (Å²) in [4.78, 5) is 16.4. The molecule has 2 aliphatic heterocycles. The fraction of sp³-hybridized carbons (Fsp3) is 0.591. The van der Waals surface area contributed by atoms with Gasteiger partial charge < -0.3 is 19.1 Å². The third-order valence-corrected chi connectivity index (χ3v) is 6.40. The Balaban J connectivity index is 1.34. The SMILES string of the molecule is CCOC(=O)N1CCC(N2CCC(c3cn(C)c4ccccc34)CC2)CC1. The maximum Gasteiger partial charge on any atom is 0.409 e. The zero-order valence-electron chi connectivity index (χ0n) is 16.6. The van der Waals surface area contributed by atoms with E-state index in [1.54, 1.807) is 0 Å². The monoisotopic (exact) mass is 369 g/mol. The number of piperidine rings is 2. The van der Waals surface area contributed by atoms with Gasteiger partial charge in [0.1, 0.15) is 0 Å². The molecular formula is C22H31N3O2. The average Bonchev–Trinajstić information content (AvgIpc) is 3.05. The molecule has 0 spiro atoms. The third kappa shape index (κ3) is 3.70. The number of ether oxygens (including phenoxy) is 1. The summed E-state index contributed by atoms with van der Waals surface area (Å²) in [6.45, 7) is 6.31. The number of aromatic nitrogens is 1. The molecule has 0 radical (unpaired) electrons. The Morgan fingerprint density at radius 1 is 1.07 bits per heavy atom. The highest BCUT2D eigenvalue weighted by Crippen LogP contribution is 2.35. The Hall–Kier alpha value is -2.01. The van der Waals surface area contributed by atoms with E-state index in [9.17, 15) is 4.79 Å². The van der Waals surface area contributed by atoms with Crippen molar-refractivity contribution in [2.75, 3.05) is 32.8 Å². The summed E-state index contributed by atoms with van der Waals surface area (Å²) in [5.41, 5.74) is 2.85. The summed E-state index contributed by atoms with van der Waals surface area (Å²) >= 11 is 0. The molecule has 2 fully saturated rings. The lowest BCUT2D eigenvalue weighted by Gasteiger charge is -2.41. The number of aryl methyl sites for hydroxylation is 1. The van der Waals surface area contributed by atoms with Crippen molar-refractivity contribution in [3.63, 3.8) is 0 Å². The number of hydrogen-bond acceptors (Lipinski definition) is 3. The van der Waals surface area contributed by atoms with Crippen LogP contribution in [0.15, 0.2) is 30.5 Å². The summed E-state index contributed by atoms with van der Waals surface area (Å²) in [5.74, 6) is 0.659. The van der Waals surface area contributed by atoms with Crippen LogP contribution in [0, 0.1) is 0 Å². The molecule has 1 amide bonds. The van der Waals surface area contributed by atoms with Crippen molar-refractivity contribution in [1.29, 1.82) is 0 Å². The first-order valence-electron chi connectivity index (χ1n) is 10.4. The van der Waals surface area contributed by atoms with Crippen LogP contribution in [0.1, 0.15) is 44.1 Å². The average molecular weight is 370 g/mol. The van der Waals surface area contributed by atoms with Gasteiger partial charge in [-0.3, -0.25) is 0 Å². The normalized spacial score (nSPS) is 20.3. The van der Waals surface area contributed by atoms with E-state index < -0.39 is 0 Å². The van der Waals surface area contributed by atoms with E-state index in [4.69, 9.17) is 4.74 Å². The molecule has 2 aliphatic rings. The molecule has 5 nitrogen and oxygen atoms in total. The van der Waals surface area contributed by atoms with Gasteiger partial charge in [-0.25, -0.2) is 4.79 Å². The molecule has 5 heteroatoms. The van der Waals surface area contributed by atoms with Crippen molar-refractivity contribution in [1.82, 2.24) is 14.4 Å². The second kappa shape index (κ2) is 7.93. The van der Waals surface area contributed by atoms with Crippen LogP contribution in [-0.4, -0.2) is 59.3 Å². The number of para-hydroxylation sites is 1. The molecule has 0 bridgehead atoms. The molecule has 0 atom stereocenters. The van der Waals surface area contributed by atoms with Crippen LogP contribution in [-0.2, 0) is 11.8 Å². The Morgan fingerprint density at radius 2 is 1.78 bits per heavy atom. The van der Waals surface area contributed by atoms with E-state index in [2.05, 4.69) is 47.0 Å². The maximum absolute atomic E-state index is 11.9. The van der Waals surface area contributed by atoms with Crippen molar-refractivity contribution < 1.29 is 9.53 Å². The first-order chi connectivity index (χ1) is 13.2. The summed E-state index contributed by atoms with van der Waals surface area (Å²) in [6, 6.07) is 9.37. The maximum atomic E-state index is 11.9. The number of likely N-dealkylation sites (tertiary alicyclic amines) is 2. The second-order valence-corrected chi connectivity index (χ2v) is 7.94. The van der Waals surface area contributed by atoms with Crippen LogP contribution < -0.4 is 0 Å². The number of nitrogens with zero attached hydrogens (tertiary/aromatic N) is 3. The largest absolute Gasteiger partial charge is 0.450 e. The molecule has 0 saturated carbocycles. The van der Waals surface area contributed by atoms with E-state index >= 15 is 0 Å². The van der Waals surface area contributed by atoms with Gasteiger partial charge in [-0.1, -0.05) is 18.2 Å². The Kier molecular flexibility index (Phi) is 5.39. The topological polar surface area (TPSA) is 37.7 Å². The van der Waals surface area contributed by atoms with E-state index in [1.807, 2.05) is 11.8 Å². The fourth-order valence-electron chi connectivity index (χ4n) is 4.90. The minimum atomic E-state index is -0.148. The number of rotatable bonds is 3. The Bertz CT molecular complexity index is 784. The van der Waals surface area contributed by atoms with Crippen LogP contribution in [0.4, 0.5) is 4.79 Å².